The van der Waals surface area contributed by atoms with Crippen LogP contribution in [0.2, 0.25) is 0 Å². The zero-order chi connectivity index (χ0) is 23.3. The van der Waals surface area contributed by atoms with Gasteiger partial charge in [-0.15, -0.1) is 11.3 Å². The highest BCUT2D eigenvalue weighted by atomic mass is 32.1. The summed E-state index contributed by atoms with van der Waals surface area (Å²) in [5.74, 6) is -0.391. The molecule has 2 aromatic heterocycles. The molecular weight excluding hydrogens is 449 g/mol. The molecule has 0 bridgehead atoms. The summed E-state index contributed by atoms with van der Waals surface area (Å²) in [4.78, 5) is 17.5. The Bertz CT molecular complexity index is 1340. The number of hydrogen-bond acceptors (Lipinski definition) is 4. The molecule has 0 radical (unpaired) electrons. The second-order valence-corrected chi connectivity index (χ2v) is 9.43. The van der Waals surface area contributed by atoms with Gasteiger partial charge in [-0.25, -0.2) is 4.98 Å². The average molecular weight is 471 g/mol. The van der Waals surface area contributed by atoms with Crippen LogP contribution in [0.1, 0.15) is 48.7 Å². The van der Waals surface area contributed by atoms with Crippen LogP contribution in [0.5, 0.6) is 0 Å². The molecule has 33 heavy (non-hydrogen) atoms. The number of benzene rings is 2. The lowest BCUT2D eigenvalue weighted by atomic mass is 10.2. The van der Waals surface area contributed by atoms with Crippen molar-refractivity contribution in [2.24, 2.45) is 0 Å². The number of carbonyl (C=O) groups is 1. The van der Waals surface area contributed by atoms with Crippen LogP contribution >= 0.6 is 11.3 Å². The number of hydrogen-bond donors (Lipinski definition) is 1. The normalized spacial score (nSPS) is 15.1. The second kappa shape index (κ2) is 7.98. The Kier molecular flexibility index (Phi) is 5.23. The average Bonchev–Trinajstić information content (AvgIpc) is 3.36. The van der Waals surface area contributed by atoms with Crippen molar-refractivity contribution in [2.75, 3.05) is 5.32 Å². The van der Waals surface area contributed by atoms with Gasteiger partial charge in [-0.1, -0.05) is 6.07 Å². The van der Waals surface area contributed by atoms with Crippen molar-refractivity contribution in [3.05, 3.63) is 65.5 Å². The van der Waals surface area contributed by atoms with Crippen LogP contribution < -0.4 is 5.32 Å². The van der Waals surface area contributed by atoms with Crippen LogP contribution in [-0.2, 0) is 11.0 Å². The molecule has 1 atom stereocenters. The van der Waals surface area contributed by atoms with E-state index in [2.05, 4.69) is 21.5 Å². The Morgan fingerprint density at radius 1 is 1.15 bits per heavy atom. The highest BCUT2D eigenvalue weighted by Crippen LogP contribution is 2.43. The van der Waals surface area contributed by atoms with E-state index in [1.54, 1.807) is 30.4 Å². The first-order chi connectivity index (χ1) is 15.7. The number of rotatable bonds is 5. The van der Waals surface area contributed by atoms with Crippen LogP contribution in [0.4, 0.5) is 18.9 Å². The highest BCUT2D eigenvalue weighted by molar-refractivity contribution is 7.21. The summed E-state index contributed by atoms with van der Waals surface area (Å²) in [6.07, 6.45) is -2.92. The lowest BCUT2D eigenvalue weighted by Gasteiger charge is -2.16. The van der Waals surface area contributed by atoms with Crippen molar-refractivity contribution >= 4 is 33.1 Å². The van der Waals surface area contributed by atoms with E-state index >= 15 is 0 Å². The Balaban J connectivity index is 1.33. The van der Waals surface area contributed by atoms with Crippen molar-refractivity contribution in [1.29, 1.82) is 0 Å². The fraction of sp³-hybridized carbons (Fsp3) is 0.292. The van der Waals surface area contributed by atoms with E-state index in [9.17, 15) is 18.0 Å². The third-order valence-electron chi connectivity index (χ3n) is 5.74. The molecule has 2 heterocycles. The van der Waals surface area contributed by atoms with Gasteiger partial charge in [-0.2, -0.15) is 18.3 Å². The van der Waals surface area contributed by atoms with Crippen LogP contribution in [0, 0.1) is 6.92 Å². The Labute approximate surface area is 192 Å². The number of thiazole rings is 1. The van der Waals surface area contributed by atoms with Crippen molar-refractivity contribution in [3.8, 4) is 10.6 Å². The Morgan fingerprint density at radius 3 is 2.55 bits per heavy atom. The van der Waals surface area contributed by atoms with E-state index in [0.717, 1.165) is 39.7 Å². The molecule has 0 saturated heterocycles. The lowest BCUT2D eigenvalue weighted by Crippen LogP contribution is -2.26. The first kappa shape index (κ1) is 21.6. The summed E-state index contributed by atoms with van der Waals surface area (Å²) in [7, 11) is 0. The number of carbonyl (C=O) groups excluding carboxylic acids is 1. The second-order valence-electron chi connectivity index (χ2n) is 8.40. The van der Waals surface area contributed by atoms with E-state index in [4.69, 9.17) is 0 Å². The molecule has 0 spiro atoms. The van der Waals surface area contributed by atoms with Crippen molar-refractivity contribution in [1.82, 2.24) is 14.8 Å². The van der Waals surface area contributed by atoms with Gasteiger partial charge in [0, 0.05) is 22.9 Å². The lowest BCUT2D eigenvalue weighted by molar-refractivity contribution is -0.141. The standard InChI is InChI=1S/C24H21F3N4OS/c1-13-3-10-18-20(11-13)33-23(29-18)16-6-8-17(9-7-16)28-22(32)14(2)31-19(15-4-5-15)12-21(30-31)24(25,26)27/h3,6-12,14-15H,4-5H2,1-2H3,(H,28,32). The van der Waals surface area contributed by atoms with Crippen molar-refractivity contribution < 1.29 is 18.0 Å². The minimum absolute atomic E-state index is 0.0285. The van der Waals surface area contributed by atoms with Crippen LogP contribution in [0.3, 0.4) is 0 Å². The first-order valence-corrected chi connectivity index (χ1v) is 11.5. The van der Waals surface area contributed by atoms with Gasteiger partial charge in [0.1, 0.15) is 11.0 Å². The molecule has 5 rings (SSSR count). The molecule has 1 N–H and O–H groups in total. The number of aryl methyl sites for hydroxylation is 1. The fourth-order valence-electron chi connectivity index (χ4n) is 3.75. The zero-order valence-electron chi connectivity index (χ0n) is 18.0. The van der Waals surface area contributed by atoms with E-state index in [1.165, 1.54) is 10.2 Å². The number of anilines is 1. The number of amides is 1. The molecule has 9 heteroatoms. The number of fused-ring (bicyclic) bond motifs is 1. The largest absolute Gasteiger partial charge is 0.435 e. The smallest absolute Gasteiger partial charge is 0.324 e. The number of halogens is 3. The van der Waals surface area contributed by atoms with Gasteiger partial charge in [0.25, 0.3) is 0 Å². The van der Waals surface area contributed by atoms with Crippen LogP contribution in [0.15, 0.2) is 48.5 Å². The number of aromatic nitrogens is 3. The molecule has 1 aliphatic rings. The minimum atomic E-state index is -4.54. The summed E-state index contributed by atoms with van der Waals surface area (Å²) in [5.41, 5.74) is 3.11. The van der Waals surface area contributed by atoms with Gasteiger partial charge in [-0.05, 0) is 74.7 Å². The first-order valence-electron chi connectivity index (χ1n) is 10.6. The maximum absolute atomic E-state index is 13.2. The summed E-state index contributed by atoms with van der Waals surface area (Å²) in [6.45, 7) is 3.60. The summed E-state index contributed by atoms with van der Waals surface area (Å²) >= 11 is 1.60. The molecule has 1 saturated carbocycles. The summed E-state index contributed by atoms with van der Waals surface area (Å²) in [6, 6.07) is 13.6. The minimum Gasteiger partial charge on any atom is -0.324 e. The maximum atomic E-state index is 13.2. The number of nitrogens with zero attached hydrogens (tertiary/aromatic N) is 3. The topological polar surface area (TPSA) is 59.8 Å². The molecule has 1 fully saturated rings. The highest BCUT2D eigenvalue weighted by Gasteiger charge is 2.39. The van der Waals surface area contributed by atoms with E-state index in [0.29, 0.717) is 11.4 Å². The summed E-state index contributed by atoms with van der Waals surface area (Å²) < 4.78 is 41.8. The Morgan fingerprint density at radius 2 is 1.88 bits per heavy atom. The van der Waals surface area contributed by atoms with E-state index in [-0.39, 0.29) is 5.92 Å². The van der Waals surface area contributed by atoms with Crippen molar-refractivity contribution in [2.45, 2.75) is 44.8 Å². The van der Waals surface area contributed by atoms with Crippen LogP contribution in [0.25, 0.3) is 20.8 Å². The molecular formula is C24H21F3N4OS. The fourth-order valence-corrected chi connectivity index (χ4v) is 4.82. The monoisotopic (exact) mass is 470 g/mol. The number of alkyl halides is 3. The van der Waals surface area contributed by atoms with Gasteiger partial charge >= 0.3 is 6.18 Å². The predicted octanol–water partition coefficient (Wildman–Crippen LogP) is 6.56. The SMILES string of the molecule is Cc1ccc2nc(-c3ccc(NC(=O)C(C)n4nc(C(F)(F)F)cc4C4CC4)cc3)sc2c1. The molecule has 0 aliphatic heterocycles. The van der Waals surface area contributed by atoms with E-state index < -0.39 is 23.8 Å². The Hall–Kier alpha value is -3.20. The predicted molar refractivity (Wildman–Crippen MR) is 122 cm³/mol. The quantitative estimate of drug-likeness (QED) is 0.359. The number of nitrogens with one attached hydrogen (secondary N) is 1. The van der Waals surface area contributed by atoms with Gasteiger partial charge in [0.2, 0.25) is 5.91 Å². The van der Waals surface area contributed by atoms with Gasteiger partial charge in [0.15, 0.2) is 5.69 Å². The molecule has 1 amide bonds. The van der Waals surface area contributed by atoms with Crippen molar-refractivity contribution in [3.63, 3.8) is 0 Å². The van der Waals surface area contributed by atoms with Gasteiger partial charge in [-0.3, -0.25) is 9.48 Å². The molecule has 4 aromatic rings. The molecule has 1 aliphatic carbocycles. The summed E-state index contributed by atoms with van der Waals surface area (Å²) in [5, 5.41) is 7.38. The van der Waals surface area contributed by atoms with Crippen LogP contribution in [-0.4, -0.2) is 20.7 Å². The maximum Gasteiger partial charge on any atom is 0.435 e. The zero-order valence-corrected chi connectivity index (χ0v) is 18.8. The molecule has 5 nitrogen and oxygen atoms in total. The molecule has 2 aromatic carbocycles. The van der Waals surface area contributed by atoms with Gasteiger partial charge < -0.3 is 5.32 Å². The third-order valence-corrected chi connectivity index (χ3v) is 6.81. The van der Waals surface area contributed by atoms with Gasteiger partial charge in [0.05, 0.1) is 10.2 Å². The molecule has 1 unspecified atom stereocenters. The molecule has 170 valence electrons. The third kappa shape index (κ3) is 4.37. The van der Waals surface area contributed by atoms with E-state index in [1.807, 2.05) is 31.2 Å².